The molecule has 0 spiro atoms. The second-order valence-corrected chi connectivity index (χ2v) is 6.85. The number of aromatic nitrogens is 3. The maximum absolute atomic E-state index is 13.0. The summed E-state index contributed by atoms with van der Waals surface area (Å²) in [5.74, 6) is 0.668. The fraction of sp³-hybridized carbons (Fsp3) is 0.167. The quantitative estimate of drug-likeness (QED) is 0.567. The first-order chi connectivity index (χ1) is 12.7. The highest BCUT2D eigenvalue weighted by Gasteiger charge is 2.19. The van der Waals surface area contributed by atoms with Gasteiger partial charge in [0.2, 0.25) is 11.6 Å². The molecule has 0 atom stereocenters. The van der Waals surface area contributed by atoms with Crippen molar-refractivity contribution in [1.29, 1.82) is 0 Å². The Kier molecular flexibility index (Phi) is 4.40. The Morgan fingerprint density at radius 3 is 3.00 bits per heavy atom. The van der Waals surface area contributed by atoms with Gasteiger partial charge in [0.05, 0.1) is 31.5 Å². The van der Waals surface area contributed by atoms with Crippen LogP contribution in [0.1, 0.15) is 16.3 Å². The molecule has 0 saturated carbocycles. The van der Waals surface area contributed by atoms with Gasteiger partial charge in [-0.15, -0.1) is 11.3 Å². The molecule has 26 heavy (non-hydrogen) atoms. The molecular weight excluding hydrogens is 352 g/mol. The third-order valence-corrected chi connectivity index (χ3v) is 4.91. The van der Waals surface area contributed by atoms with E-state index in [0.717, 1.165) is 10.6 Å². The number of nitrogens with zero attached hydrogens (tertiary/aromatic N) is 3. The van der Waals surface area contributed by atoms with Crippen molar-refractivity contribution >= 4 is 22.9 Å². The molecule has 7 nitrogen and oxygen atoms in total. The number of fused-ring (bicyclic) bond motifs is 1. The minimum Gasteiger partial charge on any atom is -0.467 e. The third kappa shape index (κ3) is 3.31. The number of carbonyl (C=O) groups excluding carboxylic acids is 1. The first kappa shape index (κ1) is 16.3. The Bertz CT molecular complexity index is 1030. The molecular formula is C18H16N4O3S. The largest absolute Gasteiger partial charge is 0.467 e. The molecule has 4 heterocycles. The van der Waals surface area contributed by atoms with Gasteiger partial charge in [-0.05, 0) is 23.6 Å². The van der Waals surface area contributed by atoms with Crippen LogP contribution < -0.4 is 5.56 Å². The van der Waals surface area contributed by atoms with Gasteiger partial charge in [-0.3, -0.25) is 14.0 Å². The van der Waals surface area contributed by atoms with Gasteiger partial charge in [0.1, 0.15) is 5.76 Å². The molecule has 0 aliphatic carbocycles. The molecule has 1 N–H and O–H groups in total. The standard InChI is InChI=1S/C18H16N4O3S/c23-16(9-13-10-20-17-18(24)19-5-6-22(13)17)21(11-14-3-1-7-25-14)12-15-4-2-8-26-15/h1-8,10H,9,11-12H2,(H,19,24). The van der Waals surface area contributed by atoms with Gasteiger partial charge in [0.25, 0.3) is 5.56 Å². The van der Waals surface area contributed by atoms with E-state index in [9.17, 15) is 9.59 Å². The number of H-pyrrole nitrogens is 1. The van der Waals surface area contributed by atoms with Gasteiger partial charge in [-0.2, -0.15) is 0 Å². The van der Waals surface area contributed by atoms with Crippen LogP contribution in [-0.4, -0.2) is 25.2 Å². The Morgan fingerprint density at radius 2 is 2.23 bits per heavy atom. The van der Waals surface area contributed by atoms with Crippen molar-refractivity contribution in [3.05, 3.63) is 81.2 Å². The maximum Gasteiger partial charge on any atom is 0.291 e. The van der Waals surface area contributed by atoms with Gasteiger partial charge < -0.3 is 14.3 Å². The van der Waals surface area contributed by atoms with Crippen LogP contribution in [0.3, 0.4) is 0 Å². The Hall–Kier alpha value is -3.13. The van der Waals surface area contributed by atoms with Gasteiger partial charge in [-0.1, -0.05) is 6.07 Å². The highest BCUT2D eigenvalue weighted by Crippen LogP contribution is 2.16. The van der Waals surface area contributed by atoms with E-state index < -0.39 is 0 Å². The number of imidazole rings is 1. The molecule has 0 fully saturated rings. The number of amides is 1. The summed E-state index contributed by atoms with van der Waals surface area (Å²) >= 11 is 1.61. The lowest BCUT2D eigenvalue weighted by molar-refractivity contribution is -0.132. The number of hydrogen-bond acceptors (Lipinski definition) is 5. The van der Waals surface area contributed by atoms with Gasteiger partial charge >= 0.3 is 0 Å². The highest BCUT2D eigenvalue weighted by molar-refractivity contribution is 7.09. The molecule has 8 heteroatoms. The summed E-state index contributed by atoms with van der Waals surface area (Å²) in [5, 5.41) is 1.99. The molecule has 0 bridgehead atoms. The minimum atomic E-state index is -0.280. The van der Waals surface area contributed by atoms with Crippen molar-refractivity contribution < 1.29 is 9.21 Å². The molecule has 0 aliphatic rings. The van der Waals surface area contributed by atoms with E-state index >= 15 is 0 Å². The molecule has 4 rings (SSSR count). The fourth-order valence-corrected chi connectivity index (χ4v) is 3.51. The van der Waals surface area contributed by atoms with Crippen LogP contribution >= 0.6 is 11.3 Å². The fourth-order valence-electron chi connectivity index (χ4n) is 2.79. The lowest BCUT2D eigenvalue weighted by Crippen LogP contribution is -2.31. The average molecular weight is 368 g/mol. The zero-order valence-corrected chi connectivity index (χ0v) is 14.6. The van der Waals surface area contributed by atoms with Crippen molar-refractivity contribution in [3.63, 3.8) is 0 Å². The summed E-state index contributed by atoms with van der Waals surface area (Å²) in [6, 6.07) is 7.62. The first-order valence-electron chi connectivity index (χ1n) is 8.07. The Balaban J connectivity index is 1.58. The van der Waals surface area contributed by atoms with Crippen LogP contribution in [0.25, 0.3) is 5.65 Å². The molecule has 0 aliphatic heterocycles. The van der Waals surface area contributed by atoms with Crippen LogP contribution in [0.2, 0.25) is 0 Å². The van der Waals surface area contributed by atoms with E-state index in [1.807, 2.05) is 23.6 Å². The van der Waals surface area contributed by atoms with Crippen LogP contribution in [-0.2, 0) is 24.3 Å². The molecule has 0 unspecified atom stereocenters. The van der Waals surface area contributed by atoms with E-state index in [0.29, 0.717) is 18.8 Å². The predicted molar refractivity (Wildman–Crippen MR) is 96.8 cm³/mol. The lowest BCUT2D eigenvalue weighted by atomic mass is 10.2. The van der Waals surface area contributed by atoms with Crippen molar-refractivity contribution in [2.75, 3.05) is 0 Å². The number of nitrogens with one attached hydrogen (secondary N) is 1. The zero-order valence-electron chi connectivity index (χ0n) is 13.8. The number of hydrogen-bond donors (Lipinski definition) is 1. The molecule has 0 radical (unpaired) electrons. The molecule has 4 aromatic heterocycles. The predicted octanol–water partition coefficient (Wildman–Crippen LogP) is 2.45. The summed E-state index contributed by atoms with van der Waals surface area (Å²) in [7, 11) is 0. The van der Waals surface area contributed by atoms with Crippen LogP contribution in [0, 0.1) is 0 Å². The van der Waals surface area contributed by atoms with Crippen LogP contribution in [0.4, 0.5) is 0 Å². The van der Waals surface area contributed by atoms with E-state index in [2.05, 4.69) is 9.97 Å². The zero-order chi connectivity index (χ0) is 17.9. The molecule has 1 amide bonds. The molecule has 132 valence electrons. The van der Waals surface area contributed by atoms with Gasteiger partial charge in [0.15, 0.2) is 0 Å². The van der Waals surface area contributed by atoms with E-state index in [1.54, 1.807) is 45.4 Å². The topological polar surface area (TPSA) is 83.6 Å². The van der Waals surface area contributed by atoms with E-state index in [1.165, 1.54) is 6.20 Å². The maximum atomic E-state index is 13.0. The van der Waals surface area contributed by atoms with Gasteiger partial charge in [0, 0.05) is 23.5 Å². The van der Waals surface area contributed by atoms with E-state index in [4.69, 9.17) is 4.42 Å². The SMILES string of the molecule is O=C(Cc1cnc2c(=O)[nH]ccn12)N(Cc1ccco1)Cc1cccs1. The van der Waals surface area contributed by atoms with Crippen LogP contribution in [0.15, 0.2) is 63.7 Å². The Labute approximate surface area is 152 Å². The highest BCUT2D eigenvalue weighted by atomic mass is 32.1. The summed E-state index contributed by atoms with van der Waals surface area (Å²) in [6.07, 6.45) is 6.55. The smallest absolute Gasteiger partial charge is 0.291 e. The Morgan fingerprint density at radius 1 is 1.31 bits per heavy atom. The van der Waals surface area contributed by atoms with Gasteiger partial charge in [-0.25, -0.2) is 4.98 Å². The van der Waals surface area contributed by atoms with E-state index in [-0.39, 0.29) is 23.5 Å². The van der Waals surface area contributed by atoms with Crippen molar-refractivity contribution in [2.24, 2.45) is 0 Å². The van der Waals surface area contributed by atoms with Crippen molar-refractivity contribution in [3.8, 4) is 0 Å². The molecule has 0 aromatic carbocycles. The lowest BCUT2D eigenvalue weighted by Gasteiger charge is -2.21. The number of thiophene rings is 1. The second kappa shape index (κ2) is 7.01. The third-order valence-electron chi connectivity index (χ3n) is 4.05. The van der Waals surface area contributed by atoms with Crippen LogP contribution in [0.5, 0.6) is 0 Å². The monoisotopic (exact) mass is 368 g/mol. The summed E-state index contributed by atoms with van der Waals surface area (Å²) in [4.78, 5) is 34.3. The summed E-state index contributed by atoms with van der Waals surface area (Å²) in [5.41, 5.74) is 0.676. The summed E-state index contributed by atoms with van der Waals surface area (Å²) < 4.78 is 7.05. The summed E-state index contributed by atoms with van der Waals surface area (Å²) in [6.45, 7) is 0.898. The second-order valence-electron chi connectivity index (χ2n) is 5.82. The molecule has 0 saturated heterocycles. The van der Waals surface area contributed by atoms with Crippen molar-refractivity contribution in [1.82, 2.24) is 19.3 Å². The normalized spacial score (nSPS) is 11.1. The van der Waals surface area contributed by atoms with Crippen molar-refractivity contribution in [2.45, 2.75) is 19.5 Å². The number of aromatic amines is 1. The number of rotatable bonds is 6. The average Bonchev–Trinajstić information content (AvgIpc) is 3.37. The first-order valence-corrected chi connectivity index (χ1v) is 8.95. The number of furan rings is 1. The number of carbonyl (C=O) groups is 1. The molecule has 4 aromatic rings. The minimum absolute atomic E-state index is 0.0584.